The fraction of sp³-hybridized carbons (Fsp3) is 0.115. The molecule has 0 saturated carbocycles. The molecule has 4 aromatic rings. The largest absolute Gasteiger partial charge is 0.291 e. The van der Waals surface area contributed by atoms with Crippen LogP contribution in [0.2, 0.25) is 0 Å². The average molecular weight is 364 g/mol. The molecule has 0 spiro atoms. The van der Waals surface area contributed by atoms with E-state index in [-0.39, 0.29) is 0 Å². The van der Waals surface area contributed by atoms with Crippen molar-refractivity contribution in [3.05, 3.63) is 126 Å². The number of rotatable bonds is 7. The number of hydrogen-bond acceptors (Lipinski definition) is 2. The van der Waals surface area contributed by atoms with Crippen molar-refractivity contribution < 1.29 is 0 Å². The van der Waals surface area contributed by atoms with Gasteiger partial charge in [0.25, 0.3) is 0 Å². The Hall–Kier alpha value is -3.23. The van der Waals surface area contributed by atoms with Gasteiger partial charge in [-0.15, -0.1) is 0 Å². The van der Waals surface area contributed by atoms with Gasteiger partial charge in [-0.1, -0.05) is 84.9 Å². The summed E-state index contributed by atoms with van der Waals surface area (Å²) in [5.74, 6) is 0. The number of nitrogens with zero attached hydrogens (tertiary/aromatic N) is 2. The summed E-state index contributed by atoms with van der Waals surface area (Å²) < 4.78 is 0. The molecule has 0 unspecified atom stereocenters. The van der Waals surface area contributed by atoms with Gasteiger partial charge in [-0.05, 0) is 39.9 Å². The zero-order valence-electron chi connectivity index (χ0n) is 15.9. The highest BCUT2D eigenvalue weighted by Crippen LogP contribution is 2.20. The van der Waals surface area contributed by atoms with Crippen molar-refractivity contribution in [2.75, 3.05) is 0 Å². The molecule has 0 saturated heterocycles. The zero-order chi connectivity index (χ0) is 19.0. The summed E-state index contributed by atoms with van der Waals surface area (Å²) in [4.78, 5) is 6.59. The lowest BCUT2D eigenvalue weighted by molar-refractivity contribution is 0.248. The Morgan fingerprint density at radius 2 is 0.893 bits per heavy atom. The van der Waals surface area contributed by atoms with Crippen LogP contribution in [0.5, 0.6) is 0 Å². The number of benzene rings is 3. The second-order valence-corrected chi connectivity index (χ2v) is 7.05. The van der Waals surface area contributed by atoms with E-state index in [9.17, 15) is 0 Å². The SMILES string of the molecule is c1ccc(CN(Cc2ccccc2)Cc2ccc(-c3ccncc3)cc2)cc1. The van der Waals surface area contributed by atoms with Crippen LogP contribution in [0.15, 0.2) is 109 Å². The van der Waals surface area contributed by atoms with Crippen LogP contribution < -0.4 is 0 Å². The third-order valence-electron chi connectivity index (χ3n) is 4.87. The van der Waals surface area contributed by atoms with Crippen LogP contribution in [0, 0.1) is 0 Å². The molecule has 2 heteroatoms. The fourth-order valence-electron chi connectivity index (χ4n) is 3.46. The van der Waals surface area contributed by atoms with E-state index in [0.717, 1.165) is 19.6 Å². The summed E-state index contributed by atoms with van der Waals surface area (Å²) in [6.45, 7) is 2.78. The Bertz CT molecular complexity index is 924. The first-order valence-electron chi connectivity index (χ1n) is 9.66. The van der Waals surface area contributed by atoms with Crippen molar-refractivity contribution in [2.24, 2.45) is 0 Å². The first-order chi connectivity index (χ1) is 13.9. The third kappa shape index (κ3) is 4.93. The van der Waals surface area contributed by atoms with E-state index >= 15 is 0 Å². The highest BCUT2D eigenvalue weighted by molar-refractivity contribution is 5.62. The van der Waals surface area contributed by atoms with Crippen LogP contribution in [0.1, 0.15) is 16.7 Å². The second-order valence-electron chi connectivity index (χ2n) is 7.05. The molecule has 0 aliphatic rings. The van der Waals surface area contributed by atoms with E-state index in [4.69, 9.17) is 0 Å². The van der Waals surface area contributed by atoms with Crippen LogP contribution in [-0.2, 0) is 19.6 Å². The van der Waals surface area contributed by atoms with E-state index in [2.05, 4.69) is 94.8 Å². The van der Waals surface area contributed by atoms with Gasteiger partial charge in [0.2, 0.25) is 0 Å². The summed E-state index contributed by atoms with van der Waals surface area (Å²) in [6, 6.07) is 34.4. The van der Waals surface area contributed by atoms with Crippen molar-refractivity contribution in [3.8, 4) is 11.1 Å². The Morgan fingerprint density at radius 3 is 1.39 bits per heavy atom. The smallest absolute Gasteiger partial charge is 0.0273 e. The molecule has 4 rings (SSSR count). The summed E-state index contributed by atoms with van der Waals surface area (Å²) >= 11 is 0. The highest BCUT2D eigenvalue weighted by atomic mass is 15.1. The van der Waals surface area contributed by atoms with Gasteiger partial charge in [-0.2, -0.15) is 0 Å². The summed E-state index contributed by atoms with van der Waals surface area (Å²) in [6.07, 6.45) is 3.68. The molecule has 2 nitrogen and oxygen atoms in total. The fourth-order valence-corrected chi connectivity index (χ4v) is 3.46. The van der Waals surface area contributed by atoms with Gasteiger partial charge in [-0.3, -0.25) is 9.88 Å². The lowest BCUT2D eigenvalue weighted by Crippen LogP contribution is -2.22. The van der Waals surface area contributed by atoms with Crippen molar-refractivity contribution in [2.45, 2.75) is 19.6 Å². The van der Waals surface area contributed by atoms with Crippen LogP contribution in [-0.4, -0.2) is 9.88 Å². The molecular formula is C26H24N2. The molecule has 0 atom stereocenters. The molecule has 0 bridgehead atoms. The van der Waals surface area contributed by atoms with Gasteiger partial charge >= 0.3 is 0 Å². The van der Waals surface area contributed by atoms with Crippen LogP contribution in [0.4, 0.5) is 0 Å². The molecule has 28 heavy (non-hydrogen) atoms. The Labute approximate surface area is 167 Å². The van der Waals surface area contributed by atoms with Gasteiger partial charge in [0.1, 0.15) is 0 Å². The lowest BCUT2D eigenvalue weighted by atomic mass is 10.0. The van der Waals surface area contributed by atoms with Gasteiger partial charge < -0.3 is 0 Å². The van der Waals surface area contributed by atoms with Gasteiger partial charge in [0, 0.05) is 32.0 Å². The second kappa shape index (κ2) is 9.12. The first kappa shape index (κ1) is 18.1. The van der Waals surface area contributed by atoms with Crippen molar-refractivity contribution >= 4 is 0 Å². The zero-order valence-corrected chi connectivity index (χ0v) is 15.9. The van der Waals surface area contributed by atoms with Crippen LogP contribution in [0.3, 0.4) is 0 Å². The van der Waals surface area contributed by atoms with Gasteiger partial charge in [-0.25, -0.2) is 0 Å². The Morgan fingerprint density at radius 1 is 0.464 bits per heavy atom. The number of aromatic nitrogens is 1. The minimum atomic E-state index is 0.917. The van der Waals surface area contributed by atoms with Crippen LogP contribution >= 0.6 is 0 Å². The Balaban J connectivity index is 1.51. The van der Waals surface area contributed by atoms with Crippen molar-refractivity contribution in [1.29, 1.82) is 0 Å². The third-order valence-corrected chi connectivity index (χ3v) is 4.87. The predicted octanol–water partition coefficient (Wildman–Crippen LogP) is 5.95. The monoisotopic (exact) mass is 364 g/mol. The maximum Gasteiger partial charge on any atom is 0.0273 e. The van der Waals surface area contributed by atoms with Crippen LogP contribution in [0.25, 0.3) is 11.1 Å². The standard InChI is InChI=1S/C26H24N2/c1-3-7-22(8-4-1)19-28(20-23-9-5-2-6-10-23)21-24-11-13-25(14-12-24)26-15-17-27-18-16-26/h1-18H,19-21H2. The molecular weight excluding hydrogens is 340 g/mol. The molecule has 0 N–H and O–H groups in total. The maximum absolute atomic E-state index is 4.10. The van der Waals surface area contributed by atoms with E-state index in [1.807, 2.05) is 24.5 Å². The van der Waals surface area contributed by atoms with Gasteiger partial charge in [0.05, 0.1) is 0 Å². The topological polar surface area (TPSA) is 16.1 Å². The van der Waals surface area contributed by atoms with E-state index in [1.165, 1.54) is 27.8 Å². The van der Waals surface area contributed by atoms with E-state index in [0.29, 0.717) is 0 Å². The van der Waals surface area contributed by atoms with E-state index < -0.39 is 0 Å². The minimum absolute atomic E-state index is 0.917. The summed E-state index contributed by atoms with van der Waals surface area (Å²) in [5.41, 5.74) is 6.43. The lowest BCUT2D eigenvalue weighted by Gasteiger charge is -2.23. The number of pyridine rings is 1. The molecule has 0 radical (unpaired) electrons. The molecule has 0 amide bonds. The molecule has 0 aliphatic carbocycles. The molecule has 0 fully saturated rings. The maximum atomic E-state index is 4.10. The molecule has 1 aromatic heterocycles. The molecule has 0 aliphatic heterocycles. The highest BCUT2D eigenvalue weighted by Gasteiger charge is 2.09. The van der Waals surface area contributed by atoms with Gasteiger partial charge in [0.15, 0.2) is 0 Å². The first-order valence-corrected chi connectivity index (χ1v) is 9.66. The molecule has 1 heterocycles. The summed E-state index contributed by atoms with van der Waals surface area (Å²) in [7, 11) is 0. The quantitative estimate of drug-likeness (QED) is 0.403. The number of hydrogen-bond donors (Lipinski definition) is 0. The minimum Gasteiger partial charge on any atom is -0.291 e. The normalized spacial score (nSPS) is 10.9. The van der Waals surface area contributed by atoms with Crippen molar-refractivity contribution in [3.63, 3.8) is 0 Å². The molecule has 3 aromatic carbocycles. The predicted molar refractivity (Wildman–Crippen MR) is 116 cm³/mol. The average Bonchev–Trinajstić information content (AvgIpc) is 2.76. The summed E-state index contributed by atoms with van der Waals surface area (Å²) in [5, 5.41) is 0. The Kier molecular flexibility index (Phi) is 5.91. The molecule has 138 valence electrons. The van der Waals surface area contributed by atoms with Crippen molar-refractivity contribution in [1.82, 2.24) is 9.88 Å². The van der Waals surface area contributed by atoms with E-state index in [1.54, 1.807) is 0 Å².